The number of ether oxygens (including phenoxy) is 1. The number of anilines is 1. The maximum Gasteiger partial charge on any atom is 0.313 e. The van der Waals surface area contributed by atoms with Crippen molar-refractivity contribution >= 4 is 29.3 Å². The highest BCUT2D eigenvalue weighted by atomic mass is 32.2. The minimum atomic E-state index is -0.416. The first-order valence-corrected chi connectivity index (χ1v) is 9.24. The van der Waals surface area contributed by atoms with Gasteiger partial charge in [-0.05, 0) is 24.1 Å². The van der Waals surface area contributed by atoms with Gasteiger partial charge in [0.2, 0.25) is 0 Å². The molecular weight excluding hydrogens is 348 g/mol. The molecule has 0 heterocycles. The lowest BCUT2D eigenvalue weighted by atomic mass is 9.97. The molecule has 1 amide bonds. The van der Waals surface area contributed by atoms with Crippen LogP contribution in [-0.2, 0) is 14.3 Å². The van der Waals surface area contributed by atoms with E-state index in [2.05, 4.69) is 11.4 Å². The van der Waals surface area contributed by atoms with Gasteiger partial charge in [0.1, 0.15) is 0 Å². The van der Waals surface area contributed by atoms with Crippen molar-refractivity contribution in [3.8, 4) is 6.07 Å². The molecule has 1 atom stereocenters. The van der Waals surface area contributed by atoms with Crippen LogP contribution >= 0.6 is 11.8 Å². The quantitative estimate of drug-likeness (QED) is 0.563. The summed E-state index contributed by atoms with van der Waals surface area (Å²) in [6.45, 7) is 1.56. The summed E-state index contributed by atoms with van der Waals surface area (Å²) in [6, 6.07) is 18.6. The van der Waals surface area contributed by atoms with Gasteiger partial charge < -0.3 is 10.1 Å². The second-order valence-corrected chi connectivity index (χ2v) is 6.49. The molecule has 0 aliphatic carbocycles. The smallest absolute Gasteiger partial charge is 0.313 e. The average Bonchev–Trinajstić information content (AvgIpc) is 2.67. The summed E-state index contributed by atoms with van der Waals surface area (Å²) in [5.74, 6) is -0.924. The Morgan fingerprint density at radius 2 is 1.85 bits per heavy atom. The van der Waals surface area contributed by atoms with Crippen molar-refractivity contribution in [3.63, 3.8) is 0 Å². The van der Waals surface area contributed by atoms with E-state index in [0.29, 0.717) is 12.1 Å². The van der Waals surface area contributed by atoms with Gasteiger partial charge >= 0.3 is 5.97 Å². The van der Waals surface area contributed by atoms with Gasteiger partial charge in [-0.1, -0.05) is 49.4 Å². The fourth-order valence-corrected chi connectivity index (χ4v) is 3.12. The zero-order valence-electron chi connectivity index (χ0n) is 14.5. The predicted molar refractivity (Wildman–Crippen MR) is 102 cm³/mol. The van der Waals surface area contributed by atoms with E-state index in [4.69, 9.17) is 10.00 Å². The standard InChI is InChI=1S/C20H20N2O3S/c1-2-16(15-8-4-3-5-9-15)20(24)25-14-19(23)22-17-10-6-7-11-18(17)26-13-12-21/h3-11,16H,2,13-14H2,1H3,(H,22,23)/t16-/m1/s1. The van der Waals surface area contributed by atoms with Crippen molar-refractivity contribution < 1.29 is 14.3 Å². The van der Waals surface area contributed by atoms with Crippen LogP contribution in [0.25, 0.3) is 0 Å². The summed E-state index contributed by atoms with van der Waals surface area (Å²) in [4.78, 5) is 25.2. The number of thioether (sulfide) groups is 1. The SMILES string of the molecule is CC[C@@H](C(=O)OCC(=O)Nc1ccccc1SCC#N)c1ccccc1. The van der Waals surface area contributed by atoms with Gasteiger partial charge in [-0.15, -0.1) is 11.8 Å². The molecule has 0 fully saturated rings. The van der Waals surface area contributed by atoms with Gasteiger partial charge in [0, 0.05) is 4.90 Å². The van der Waals surface area contributed by atoms with Crippen LogP contribution in [0, 0.1) is 11.3 Å². The van der Waals surface area contributed by atoms with E-state index in [9.17, 15) is 9.59 Å². The van der Waals surface area contributed by atoms with Crippen LogP contribution in [0.3, 0.4) is 0 Å². The molecule has 0 aliphatic heterocycles. The van der Waals surface area contributed by atoms with Gasteiger partial charge in [0.25, 0.3) is 5.91 Å². The molecule has 2 aromatic carbocycles. The third-order valence-corrected chi connectivity index (χ3v) is 4.63. The molecule has 1 N–H and O–H groups in total. The number of hydrogen-bond acceptors (Lipinski definition) is 5. The molecule has 0 saturated carbocycles. The number of hydrogen-bond donors (Lipinski definition) is 1. The number of amides is 1. The lowest BCUT2D eigenvalue weighted by molar-refractivity contribution is -0.149. The number of esters is 1. The normalized spacial score (nSPS) is 11.2. The summed E-state index contributed by atoms with van der Waals surface area (Å²) in [7, 11) is 0. The Kier molecular flexibility index (Phi) is 7.72. The molecule has 0 aromatic heterocycles. The maximum atomic E-state index is 12.3. The van der Waals surface area contributed by atoms with E-state index in [1.807, 2.05) is 49.4 Å². The Bertz CT molecular complexity index is 787. The zero-order valence-corrected chi connectivity index (χ0v) is 15.3. The number of benzene rings is 2. The van der Waals surface area contributed by atoms with Crippen molar-refractivity contribution in [2.45, 2.75) is 24.2 Å². The third-order valence-electron chi connectivity index (χ3n) is 3.69. The molecular formula is C20H20N2O3S. The van der Waals surface area contributed by atoms with E-state index in [1.165, 1.54) is 11.8 Å². The second-order valence-electron chi connectivity index (χ2n) is 5.47. The number of carbonyl (C=O) groups is 2. The summed E-state index contributed by atoms with van der Waals surface area (Å²) < 4.78 is 5.19. The summed E-state index contributed by atoms with van der Waals surface area (Å²) in [5.41, 5.74) is 1.47. The van der Waals surface area contributed by atoms with Crippen LogP contribution < -0.4 is 5.32 Å². The zero-order chi connectivity index (χ0) is 18.8. The Hall–Kier alpha value is -2.78. The van der Waals surface area contributed by atoms with Crippen molar-refractivity contribution in [3.05, 3.63) is 60.2 Å². The molecule has 0 aliphatic rings. The van der Waals surface area contributed by atoms with E-state index in [1.54, 1.807) is 12.1 Å². The molecule has 0 spiro atoms. The molecule has 0 radical (unpaired) electrons. The summed E-state index contributed by atoms with van der Waals surface area (Å²) in [5, 5.41) is 11.4. The highest BCUT2D eigenvalue weighted by Crippen LogP contribution is 2.26. The highest BCUT2D eigenvalue weighted by molar-refractivity contribution is 7.99. The Morgan fingerprint density at radius 3 is 2.54 bits per heavy atom. The molecule has 26 heavy (non-hydrogen) atoms. The molecule has 2 aromatic rings. The van der Waals surface area contributed by atoms with Crippen molar-refractivity contribution in [2.24, 2.45) is 0 Å². The Morgan fingerprint density at radius 1 is 1.15 bits per heavy atom. The monoisotopic (exact) mass is 368 g/mol. The van der Waals surface area contributed by atoms with E-state index in [0.717, 1.165) is 10.5 Å². The minimum Gasteiger partial charge on any atom is -0.455 e. The van der Waals surface area contributed by atoms with Crippen LogP contribution in [0.15, 0.2) is 59.5 Å². The number of nitrogens with one attached hydrogen (secondary N) is 1. The van der Waals surface area contributed by atoms with E-state index >= 15 is 0 Å². The largest absolute Gasteiger partial charge is 0.455 e. The van der Waals surface area contributed by atoms with E-state index in [-0.39, 0.29) is 18.3 Å². The van der Waals surface area contributed by atoms with Crippen LogP contribution in [0.5, 0.6) is 0 Å². The van der Waals surface area contributed by atoms with Gasteiger partial charge in [0.05, 0.1) is 23.4 Å². The third kappa shape index (κ3) is 5.64. The van der Waals surface area contributed by atoms with Gasteiger partial charge in [-0.2, -0.15) is 5.26 Å². The first-order valence-electron chi connectivity index (χ1n) is 8.26. The summed E-state index contributed by atoms with van der Waals surface area (Å²) >= 11 is 1.34. The van der Waals surface area contributed by atoms with Crippen molar-refractivity contribution in [2.75, 3.05) is 17.7 Å². The first kappa shape index (κ1) is 19.5. The number of rotatable bonds is 8. The summed E-state index contributed by atoms with van der Waals surface area (Å²) in [6.07, 6.45) is 0.595. The molecule has 6 heteroatoms. The van der Waals surface area contributed by atoms with Crippen molar-refractivity contribution in [1.29, 1.82) is 5.26 Å². The number of nitrogens with zero attached hydrogens (tertiary/aromatic N) is 1. The second kappa shape index (κ2) is 10.3. The molecule has 134 valence electrons. The number of nitriles is 1. The van der Waals surface area contributed by atoms with Crippen LogP contribution in [0.1, 0.15) is 24.8 Å². The first-order chi connectivity index (χ1) is 12.7. The lowest BCUT2D eigenvalue weighted by Gasteiger charge is -2.15. The van der Waals surface area contributed by atoms with Gasteiger partial charge in [0.15, 0.2) is 6.61 Å². The minimum absolute atomic E-state index is 0.289. The highest BCUT2D eigenvalue weighted by Gasteiger charge is 2.21. The number of para-hydroxylation sites is 1. The van der Waals surface area contributed by atoms with Crippen LogP contribution in [0.2, 0.25) is 0 Å². The molecule has 5 nitrogen and oxygen atoms in total. The van der Waals surface area contributed by atoms with Crippen LogP contribution in [-0.4, -0.2) is 24.2 Å². The lowest BCUT2D eigenvalue weighted by Crippen LogP contribution is -2.24. The number of carbonyl (C=O) groups excluding carboxylic acids is 2. The fourth-order valence-electron chi connectivity index (χ4n) is 2.45. The van der Waals surface area contributed by atoms with Crippen molar-refractivity contribution in [1.82, 2.24) is 0 Å². The maximum absolute atomic E-state index is 12.3. The fraction of sp³-hybridized carbons (Fsp3) is 0.250. The molecule has 2 rings (SSSR count). The molecule has 0 unspecified atom stereocenters. The van der Waals surface area contributed by atoms with Crippen LogP contribution in [0.4, 0.5) is 5.69 Å². The van der Waals surface area contributed by atoms with Gasteiger partial charge in [-0.25, -0.2) is 0 Å². The average molecular weight is 368 g/mol. The molecule has 0 bridgehead atoms. The van der Waals surface area contributed by atoms with E-state index < -0.39 is 11.9 Å². The topological polar surface area (TPSA) is 79.2 Å². The molecule has 0 saturated heterocycles. The Labute approximate surface area is 157 Å². The Balaban J connectivity index is 1.92. The van der Waals surface area contributed by atoms with Gasteiger partial charge in [-0.3, -0.25) is 9.59 Å². The predicted octanol–water partition coefficient (Wildman–Crippen LogP) is 3.98.